The topological polar surface area (TPSA) is 32.3 Å². The fourth-order valence-corrected chi connectivity index (χ4v) is 2.81. The largest absolute Gasteiger partial charge is 0.322 e. The van der Waals surface area contributed by atoms with Gasteiger partial charge in [-0.05, 0) is 36.5 Å². The molecule has 21 heavy (non-hydrogen) atoms. The van der Waals surface area contributed by atoms with Crippen molar-refractivity contribution in [1.82, 2.24) is 10.2 Å². The number of nitrogens with one attached hydrogen (secondary N) is 1. The van der Waals surface area contributed by atoms with Gasteiger partial charge in [0.25, 0.3) is 0 Å². The third-order valence-corrected chi connectivity index (χ3v) is 3.90. The molecule has 1 amide bonds. The van der Waals surface area contributed by atoms with E-state index in [1.165, 1.54) is 12.1 Å². The van der Waals surface area contributed by atoms with Crippen LogP contribution in [0.3, 0.4) is 0 Å². The van der Waals surface area contributed by atoms with Gasteiger partial charge in [0.05, 0.1) is 6.04 Å². The van der Waals surface area contributed by atoms with Crippen LogP contribution in [0.25, 0.3) is 0 Å². The number of nitrogens with zero attached hydrogens (tertiary/aromatic N) is 1. The second-order valence-corrected chi connectivity index (χ2v) is 6.19. The van der Waals surface area contributed by atoms with E-state index < -0.39 is 0 Å². The van der Waals surface area contributed by atoms with Crippen molar-refractivity contribution in [2.24, 2.45) is 5.92 Å². The van der Waals surface area contributed by atoms with Crippen molar-refractivity contribution in [3.63, 3.8) is 0 Å². The SMILES string of the molecule is CCCCN1C(=O)C(CC(C)C)NC1c1ccc(F)cc1. The zero-order valence-electron chi connectivity index (χ0n) is 13.1. The van der Waals surface area contributed by atoms with Crippen LogP contribution >= 0.6 is 0 Å². The zero-order valence-corrected chi connectivity index (χ0v) is 13.1. The number of hydrogen-bond donors (Lipinski definition) is 1. The van der Waals surface area contributed by atoms with E-state index in [1.807, 2.05) is 4.90 Å². The maximum Gasteiger partial charge on any atom is 0.241 e. The summed E-state index contributed by atoms with van der Waals surface area (Å²) in [4.78, 5) is 14.5. The fourth-order valence-electron chi connectivity index (χ4n) is 2.81. The fraction of sp³-hybridized carbons (Fsp3) is 0.588. The zero-order chi connectivity index (χ0) is 15.4. The number of benzene rings is 1. The van der Waals surface area contributed by atoms with Crippen LogP contribution < -0.4 is 5.32 Å². The molecule has 2 unspecified atom stereocenters. The number of unbranched alkanes of at least 4 members (excludes halogenated alkanes) is 1. The van der Waals surface area contributed by atoms with Gasteiger partial charge in [-0.15, -0.1) is 0 Å². The molecule has 4 heteroatoms. The highest BCUT2D eigenvalue weighted by Gasteiger charge is 2.39. The second-order valence-electron chi connectivity index (χ2n) is 6.19. The minimum Gasteiger partial charge on any atom is -0.322 e. The number of halogens is 1. The molecule has 1 heterocycles. The second kappa shape index (κ2) is 7.03. The number of carbonyl (C=O) groups is 1. The molecule has 116 valence electrons. The van der Waals surface area contributed by atoms with E-state index in [9.17, 15) is 9.18 Å². The highest BCUT2D eigenvalue weighted by Crippen LogP contribution is 2.28. The molecule has 0 spiro atoms. The predicted molar refractivity (Wildman–Crippen MR) is 82.1 cm³/mol. The van der Waals surface area contributed by atoms with E-state index >= 15 is 0 Å². The summed E-state index contributed by atoms with van der Waals surface area (Å²) in [5.41, 5.74) is 0.951. The summed E-state index contributed by atoms with van der Waals surface area (Å²) in [6, 6.07) is 6.30. The average Bonchev–Trinajstić information content (AvgIpc) is 2.74. The Bertz CT molecular complexity index is 472. The first kappa shape index (κ1) is 16.0. The van der Waals surface area contributed by atoms with E-state index in [1.54, 1.807) is 12.1 Å². The van der Waals surface area contributed by atoms with Crippen molar-refractivity contribution in [3.8, 4) is 0 Å². The number of carbonyl (C=O) groups excluding carboxylic acids is 1. The summed E-state index contributed by atoms with van der Waals surface area (Å²) in [7, 11) is 0. The lowest BCUT2D eigenvalue weighted by Gasteiger charge is -2.24. The summed E-state index contributed by atoms with van der Waals surface area (Å²) >= 11 is 0. The molecule has 1 aliphatic heterocycles. The summed E-state index contributed by atoms with van der Waals surface area (Å²) in [6.45, 7) is 7.11. The van der Waals surface area contributed by atoms with Gasteiger partial charge in [0, 0.05) is 6.54 Å². The Hall–Kier alpha value is -1.42. The quantitative estimate of drug-likeness (QED) is 0.870. The maximum atomic E-state index is 13.1. The van der Waals surface area contributed by atoms with Crippen molar-refractivity contribution in [3.05, 3.63) is 35.6 Å². The van der Waals surface area contributed by atoms with Crippen molar-refractivity contribution in [2.75, 3.05) is 6.54 Å². The number of amides is 1. The molecule has 0 radical (unpaired) electrons. The van der Waals surface area contributed by atoms with E-state index in [4.69, 9.17) is 0 Å². The smallest absolute Gasteiger partial charge is 0.241 e. The molecule has 0 aliphatic carbocycles. The molecule has 0 saturated carbocycles. The Balaban J connectivity index is 2.19. The van der Waals surface area contributed by atoms with Crippen molar-refractivity contribution >= 4 is 5.91 Å². The van der Waals surface area contributed by atoms with Gasteiger partial charge in [-0.3, -0.25) is 10.1 Å². The van der Waals surface area contributed by atoms with Gasteiger partial charge in [0.2, 0.25) is 5.91 Å². The van der Waals surface area contributed by atoms with E-state index in [-0.39, 0.29) is 23.9 Å². The molecule has 3 nitrogen and oxygen atoms in total. The minimum absolute atomic E-state index is 0.128. The molecule has 0 bridgehead atoms. The van der Waals surface area contributed by atoms with Gasteiger partial charge in [0.1, 0.15) is 12.0 Å². The van der Waals surface area contributed by atoms with Crippen molar-refractivity contribution in [1.29, 1.82) is 0 Å². The Labute approximate surface area is 126 Å². The molecule has 1 fully saturated rings. The van der Waals surface area contributed by atoms with E-state index in [0.717, 1.165) is 31.4 Å². The minimum atomic E-state index is -0.248. The Kier molecular flexibility index (Phi) is 5.34. The lowest BCUT2D eigenvalue weighted by molar-refractivity contribution is -0.130. The molecule has 2 atom stereocenters. The van der Waals surface area contributed by atoms with Gasteiger partial charge < -0.3 is 4.90 Å². The van der Waals surface area contributed by atoms with Gasteiger partial charge in [-0.25, -0.2) is 4.39 Å². The van der Waals surface area contributed by atoms with Crippen LogP contribution in [-0.4, -0.2) is 23.4 Å². The molecule has 1 N–H and O–H groups in total. The van der Waals surface area contributed by atoms with Gasteiger partial charge in [0.15, 0.2) is 0 Å². The van der Waals surface area contributed by atoms with Crippen LogP contribution in [0.5, 0.6) is 0 Å². The summed E-state index contributed by atoms with van der Waals surface area (Å²) in [5.74, 6) is 0.389. The highest BCUT2D eigenvalue weighted by molar-refractivity contribution is 5.84. The van der Waals surface area contributed by atoms with Crippen LogP contribution in [0.1, 0.15) is 51.8 Å². The summed E-state index contributed by atoms with van der Waals surface area (Å²) in [6.07, 6.45) is 2.74. The van der Waals surface area contributed by atoms with E-state index in [0.29, 0.717) is 5.92 Å². The third-order valence-electron chi connectivity index (χ3n) is 3.90. The molecular weight excluding hydrogens is 267 g/mol. The third kappa shape index (κ3) is 3.82. The lowest BCUT2D eigenvalue weighted by Crippen LogP contribution is -2.32. The maximum absolute atomic E-state index is 13.1. The summed E-state index contributed by atoms with van der Waals surface area (Å²) < 4.78 is 13.1. The predicted octanol–water partition coefficient (Wildman–Crippen LogP) is 3.47. The van der Waals surface area contributed by atoms with Crippen LogP contribution in [0.15, 0.2) is 24.3 Å². The van der Waals surface area contributed by atoms with Crippen molar-refractivity contribution in [2.45, 2.75) is 52.2 Å². The first-order valence-corrected chi connectivity index (χ1v) is 7.85. The first-order valence-electron chi connectivity index (χ1n) is 7.85. The molecular formula is C17H25FN2O. The monoisotopic (exact) mass is 292 g/mol. The molecule has 0 aromatic heterocycles. The van der Waals surface area contributed by atoms with E-state index in [2.05, 4.69) is 26.1 Å². The normalized spacial score (nSPS) is 22.3. The van der Waals surface area contributed by atoms with Crippen LogP contribution in [0, 0.1) is 11.7 Å². The molecule has 1 aromatic carbocycles. The Morgan fingerprint density at radius 2 is 1.95 bits per heavy atom. The van der Waals surface area contributed by atoms with Gasteiger partial charge in [-0.2, -0.15) is 0 Å². The van der Waals surface area contributed by atoms with Crippen molar-refractivity contribution < 1.29 is 9.18 Å². The Morgan fingerprint density at radius 1 is 1.29 bits per heavy atom. The van der Waals surface area contributed by atoms with Crippen LogP contribution in [0.4, 0.5) is 4.39 Å². The Morgan fingerprint density at radius 3 is 2.52 bits per heavy atom. The summed E-state index contributed by atoms with van der Waals surface area (Å²) in [5, 5.41) is 3.42. The number of rotatable bonds is 6. The lowest BCUT2D eigenvalue weighted by atomic mass is 10.0. The molecule has 2 rings (SSSR count). The van der Waals surface area contributed by atoms with Gasteiger partial charge in [-0.1, -0.05) is 39.3 Å². The van der Waals surface area contributed by atoms with Crippen LogP contribution in [0.2, 0.25) is 0 Å². The highest BCUT2D eigenvalue weighted by atomic mass is 19.1. The number of hydrogen-bond acceptors (Lipinski definition) is 2. The van der Waals surface area contributed by atoms with Crippen LogP contribution in [-0.2, 0) is 4.79 Å². The molecule has 1 aromatic rings. The van der Waals surface area contributed by atoms with Gasteiger partial charge >= 0.3 is 0 Å². The molecule has 1 aliphatic rings. The first-order chi connectivity index (χ1) is 10.0. The standard InChI is InChI=1S/C17H25FN2O/c1-4-5-10-20-16(13-6-8-14(18)9-7-13)19-15(17(20)21)11-12(2)3/h6-9,12,15-16,19H,4-5,10-11H2,1-3H3. The molecule has 1 saturated heterocycles. The average molecular weight is 292 g/mol.